The Morgan fingerprint density at radius 3 is 2.25 bits per heavy atom. The van der Waals surface area contributed by atoms with Crippen molar-refractivity contribution >= 4 is 16.6 Å². The Morgan fingerprint density at radius 1 is 0.900 bits per heavy atom. The van der Waals surface area contributed by atoms with Crippen LogP contribution < -0.4 is 10.5 Å². The van der Waals surface area contributed by atoms with Gasteiger partial charge < -0.3 is 9.88 Å². The third-order valence-electron chi connectivity index (χ3n) is 3.41. The molecule has 2 aromatic carbocycles. The number of aromatic nitrogens is 1. The van der Waals surface area contributed by atoms with Crippen molar-refractivity contribution < 1.29 is 0 Å². The lowest BCUT2D eigenvalue weighted by atomic mass is 9.99. The van der Waals surface area contributed by atoms with Crippen LogP contribution in [0.25, 0.3) is 22.0 Å². The lowest BCUT2D eigenvalue weighted by Crippen LogP contribution is -2.22. The molecule has 0 amide bonds. The van der Waals surface area contributed by atoms with Crippen molar-refractivity contribution in [3.05, 3.63) is 65.0 Å². The molecule has 100 valence electrons. The van der Waals surface area contributed by atoms with Gasteiger partial charge in [-0.1, -0.05) is 48.5 Å². The quantitative estimate of drug-likeness (QED) is 0.771. The molecule has 0 aliphatic carbocycles. The van der Waals surface area contributed by atoms with E-state index in [-0.39, 0.29) is 5.56 Å². The molecule has 1 heterocycles. The molecule has 0 unspecified atom stereocenters. The number of anilines is 1. The molecule has 0 aliphatic heterocycles. The third-order valence-corrected chi connectivity index (χ3v) is 3.41. The Balaban J connectivity index is 2.49. The van der Waals surface area contributed by atoms with Crippen molar-refractivity contribution in [2.75, 3.05) is 19.0 Å². The molecule has 3 nitrogen and oxygen atoms in total. The van der Waals surface area contributed by atoms with E-state index in [9.17, 15) is 4.79 Å². The zero-order valence-corrected chi connectivity index (χ0v) is 11.6. The number of para-hydroxylation sites is 1. The summed E-state index contributed by atoms with van der Waals surface area (Å²) < 4.78 is 0. The lowest BCUT2D eigenvalue weighted by molar-refractivity contribution is 1.10. The van der Waals surface area contributed by atoms with E-state index in [0.29, 0.717) is 5.69 Å². The zero-order valence-electron chi connectivity index (χ0n) is 11.6. The highest BCUT2D eigenvalue weighted by atomic mass is 16.1. The first-order valence-electron chi connectivity index (χ1n) is 6.56. The predicted molar refractivity (Wildman–Crippen MR) is 84.3 cm³/mol. The molecule has 0 saturated carbocycles. The highest BCUT2D eigenvalue weighted by Crippen LogP contribution is 2.33. The maximum atomic E-state index is 12.4. The Morgan fingerprint density at radius 2 is 1.55 bits per heavy atom. The summed E-state index contributed by atoms with van der Waals surface area (Å²) in [6, 6.07) is 17.9. The van der Waals surface area contributed by atoms with Gasteiger partial charge in [0.25, 0.3) is 5.56 Å². The van der Waals surface area contributed by atoms with E-state index in [0.717, 1.165) is 22.0 Å². The predicted octanol–water partition coefficient (Wildman–Crippen LogP) is 3.26. The van der Waals surface area contributed by atoms with Gasteiger partial charge in [-0.2, -0.15) is 0 Å². The van der Waals surface area contributed by atoms with Gasteiger partial charge in [-0.05, 0) is 11.6 Å². The molecule has 0 bridgehead atoms. The Hall–Kier alpha value is -2.55. The first kappa shape index (κ1) is 12.5. The number of H-pyrrole nitrogens is 1. The zero-order chi connectivity index (χ0) is 14.1. The van der Waals surface area contributed by atoms with Crippen LogP contribution in [-0.2, 0) is 0 Å². The Labute approximate surface area is 117 Å². The maximum Gasteiger partial charge on any atom is 0.272 e. The number of nitrogens with one attached hydrogen (secondary N) is 1. The number of benzene rings is 2. The van der Waals surface area contributed by atoms with Crippen molar-refractivity contribution in [1.29, 1.82) is 0 Å². The first-order chi connectivity index (χ1) is 9.68. The minimum atomic E-state index is -0.0625. The third kappa shape index (κ3) is 1.97. The Bertz CT molecular complexity index is 804. The van der Waals surface area contributed by atoms with Crippen molar-refractivity contribution in [1.82, 2.24) is 4.98 Å². The summed E-state index contributed by atoms with van der Waals surface area (Å²) in [5.74, 6) is 0. The first-order valence-corrected chi connectivity index (χ1v) is 6.56. The van der Waals surface area contributed by atoms with Gasteiger partial charge in [0.15, 0.2) is 0 Å². The summed E-state index contributed by atoms with van der Waals surface area (Å²) in [6.07, 6.45) is 0. The van der Waals surface area contributed by atoms with E-state index in [1.54, 1.807) is 0 Å². The van der Waals surface area contributed by atoms with Crippen LogP contribution in [0.4, 0.5) is 5.69 Å². The van der Waals surface area contributed by atoms with Gasteiger partial charge in [0.2, 0.25) is 0 Å². The normalized spacial score (nSPS) is 10.7. The van der Waals surface area contributed by atoms with Gasteiger partial charge in [-0.3, -0.25) is 4.79 Å². The second-order valence-corrected chi connectivity index (χ2v) is 4.98. The maximum absolute atomic E-state index is 12.4. The summed E-state index contributed by atoms with van der Waals surface area (Å²) in [7, 11) is 3.79. The van der Waals surface area contributed by atoms with Crippen LogP contribution in [0.2, 0.25) is 0 Å². The number of pyridine rings is 1. The minimum Gasteiger partial charge on any atom is -0.373 e. The number of hydrogen-bond acceptors (Lipinski definition) is 2. The molecule has 1 aromatic heterocycles. The van der Waals surface area contributed by atoms with Crippen molar-refractivity contribution in [2.24, 2.45) is 0 Å². The molecule has 1 N–H and O–H groups in total. The lowest BCUT2D eigenvalue weighted by Gasteiger charge is -2.18. The van der Waals surface area contributed by atoms with Crippen LogP contribution in [0.5, 0.6) is 0 Å². The summed E-state index contributed by atoms with van der Waals surface area (Å²) in [5, 5.41) is 1.06. The van der Waals surface area contributed by atoms with E-state index in [1.165, 1.54) is 0 Å². The summed E-state index contributed by atoms with van der Waals surface area (Å²) in [4.78, 5) is 17.2. The largest absolute Gasteiger partial charge is 0.373 e. The van der Waals surface area contributed by atoms with Crippen LogP contribution >= 0.6 is 0 Å². The highest BCUT2D eigenvalue weighted by Gasteiger charge is 2.15. The average molecular weight is 264 g/mol. The van der Waals surface area contributed by atoms with Crippen LogP contribution in [0.3, 0.4) is 0 Å². The topological polar surface area (TPSA) is 36.1 Å². The molecule has 0 aliphatic rings. The number of aromatic amines is 1. The second-order valence-electron chi connectivity index (χ2n) is 4.98. The molecule has 20 heavy (non-hydrogen) atoms. The number of rotatable bonds is 2. The monoisotopic (exact) mass is 264 g/mol. The van der Waals surface area contributed by atoms with Gasteiger partial charge in [-0.15, -0.1) is 0 Å². The van der Waals surface area contributed by atoms with Crippen LogP contribution in [0.1, 0.15) is 0 Å². The van der Waals surface area contributed by atoms with E-state index in [4.69, 9.17) is 0 Å². The summed E-state index contributed by atoms with van der Waals surface area (Å²) in [6.45, 7) is 0. The molecular weight excluding hydrogens is 248 g/mol. The van der Waals surface area contributed by atoms with Crippen molar-refractivity contribution in [3.63, 3.8) is 0 Å². The minimum absolute atomic E-state index is 0.0625. The van der Waals surface area contributed by atoms with Crippen molar-refractivity contribution in [2.45, 2.75) is 0 Å². The fourth-order valence-electron chi connectivity index (χ4n) is 2.56. The van der Waals surface area contributed by atoms with Gasteiger partial charge in [0.1, 0.15) is 5.69 Å². The second kappa shape index (κ2) is 4.85. The van der Waals surface area contributed by atoms with Crippen molar-refractivity contribution in [3.8, 4) is 11.1 Å². The molecule has 0 fully saturated rings. The van der Waals surface area contributed by atoms with Gasteiger partial charge in [-0.25, -0.2) is 0 Å². The average Bonchev–Trinajstić information content (AvgIpc) is 2.46. The summed E-state index contributed by atoms with van der Waals surface area (Å²) in [5.41, 5.74) is 3.53. The molecule has 0 atom stereocenters. The molecule has 0 radical (unpaired) electrons. The standard InChI is InChI=1S/C17H16N2O/c1-19(2)16-15(12-8-4-3-5-9-12)13-10-6-7-11-14(13)18-17(16)20/h3-11H,1-2H3,(H,18,20). The summed E-state index contributed by atoms with van der Waals surface area (Å²) >= 11 is 0. The SMILES string of the molecule is CN(C)c1c(-c2ccccc2)c2ccccc2[nH]c1=O. The number of fused-ring (bicyclic) bond motifs is 1. The van der Waals surface area contributed by atoms with Gasteiger partial charge in [0.05, 0.1) is 0 Å². The molecule has 3 aromatic rings. The molecular formula is C17H16N2O. The van der Waals surface area contributed by atoms with Gasteiger partial charge in [0, 0.05) is 30.6 Å². The van der Waals surface area contributed by atoms with E-state index >= 15 is 0 Å². The van der Waals surface area contributed by atoms with Crippen LogP contribution in [-0.4, -0.2) is 19.1 Å². The molecule has 0 saturated heterocycles. The molecule has 0 spiro atoms. The van der Waals surface area contributed by atoms with Gasteiger partial charge >= 0.3 is 0 Å². The number of hydrogen-bond donors (Lipinski definition) is 1. The smallest absolute Gasteiger partial charge is 0.272 e. The van der Waals surface area contributed by atoms with E-state index in [2.05, 4.69) is 4.98 Å². The molecule has 3 rings (SSSR count). The molecule has 3 heteroatoms. The van der Waals surface area contributed by atoms with E-state index in [1.807, 2.05) is 73.6 Å². The van der Waals surface area contributed by atoms with Crippen LogP contribution in [0, 0.1) is 0 Å². The van der Waals surface area contributed by atoms with E-state index < -0.39 is 0 Å². The fraction of sp³-hybridized carbons (Fsp3) is 0.118. The number of nitrogens with zero attached hydrogens (tertiary/aromatic N) is 1. The Kier molecular flexibility index (Phi) is 3.03. The van der Waals surface area contributed by atoms with Crippen LogP contribution in [0.15, 0.2) is 59.4 Å². The fourth-order valence-corrected chi connectivity index (χ4v) is 2.56. The highest BCUT2D eigenvalue weighted by molar-refractivity contribution is 6.00.